The van der Waals surface area contributed by atoms with Gasteiger partial charge in [0.05, 0.1) is 6.10 Å². The van der Waals surface area contributed by atoms with Gasteiger partial charge in [-0.25, -0.2) is 0 Å². The van der Waals surface area contributed by atoms with Gasteiger partial charge in [0.25, 0.3) is 0 Å². The number of benzene rings is 1. The van der Waals surface area contributed by atoms with Crippen molar-refractivity contribution in [3.8, 4) is 0 Å². The number of rotatable bonds is 10. The van der Waals surface area contributed by atoms with Gasteiger partial charge >= 0.3 is 5.97 Å². The number of amides is 3. The zero-order chi connectivity index (χ0) is 24.0. The third-order valence-corrected chi connectivity index (χ3v) is 5.04. The molecule has 32 heavy (non-hydrogen) atoms. The molecule has 11 heteroatoms. The van der Waals surface area contributed by atoms with Crippen molar-refractivity contribution < 1.29 is 29.4 Å². The number of nitrogens with two attached hydrogens (primary N) is 1. The third kappa shape index (κ3) is 6.28. The first kappa shape index (κ1) is 24.8. The number of aliphatic carboxylic acids is 1. The third-order valence-electron chi connectivity index (χ3n) is 5.04. The second-order valence-electron chi connectivity index (χ2n) is 7.69. The largest absolute Gasteiger partial charge is 0.480 e. The minimum absolute atomic E-state index is 0.0851. The van der Waals surface area contributed by atoms with Crippen LogP contribution in [0.4, 0.5) is 0 Å². The van der Waals surface area contributed by atoms with E-state index in [9.17, 15) is 24.3 Å². The Kier molecular flexibility index (Phi) is 8.33. The molecule has 0 saturated heterocycles. The van der Waals surface area contributed by atoms with Gasteiger partial charge in [-0.3, -0.25) is 19.2 Å². The van der Waals surface area contributed by atoms with Crippen molar-refractivity contribution in [1.82, 2.24) is 20.9 Å². The van der Waals surface area contributed by atoms with Crippen LogP contribution in [0.25, 0.3) is 10.9 Å². The lowest BCUT2D eigenvalue weighted by Gasteiger charge is -2.23. The fourth-order valence-electron chi connectivity index (χ4n) is 3.00. The summed E-state index contributed by atoms with van der Waals surface area (Å²) in [4.78, 5) is 51.7. The minimum Gasteiger partial charge on any atom is -0.480 e. The highest BCUT2D eigenvalue weighted by atomic mass is 16.4. The average Bonchev–Trinajstić information content (AvgIpc) is 3.15. The molecule has 0 saturated carbocycles. The molecule has 0 aliphatic rings. The number of fused-ring (bicyclic) bond motifs is 1. The van der Waals surface area contributed by atoms with E-state index in [4.69, 9.17) is 10.8 Å². The minimum atomic E-state index is -1.22. The van der Waals surface area contributed by atoms with E-state index >= 15 is 0 Å². The summed E-state index contributed by atoms with van der Waals surface area (Å²) in [6.07, 6.45) is 0.690. The van der Waals surface area contributed by atoms with E-state index < -0.39 is 54.0 Å². The Bertz CT molecular complexity index is 988. The Labute approximate surface area is 184 Å². The number of aliphatic hydroxyl groups excluding tert-OH is 1. The van der Waals surface area contributed by atoms with E-state index in [1.807, 2.05) is 24.3 Å². The van der Waals surface area contributed by atoms with Gasteiger partial charge in [-0.15, -0.1) is 0 Å². The standard InChI is InChI=1S/C21H29N5O6/c1-10(24-20(30)17(22)12(3)27)18(28)26-16(19(29)25-11(2)21(31)32)8-13-9-23-15-7-5-4-6-14(13)15/h4-7,9-12,16-17,23,27H,8,22H2,1-3H3,(H,24,30)(H,25,29)(H,26,28)(H,31,32). The molecule has 2 aromatic rings. The number of hydrogen-bond acceptors (Lipinski definition) is 6. The molecule has 0 aliphatic carbocycles. The highest BCUT2D eigenvalue weighted by Crippen LogP contribution is 2.19. The number of aromatic amines is 1. The maximum Gasteiger partial charge on any atom is 0.325 e. The summed E-state index contributed by atoms with van der Waals surface area (Å²) < 4.78 is 0. The Hall–Kier alpha value is -3.44. The molecule has 1 aromatic heterocycles. The molecule has 1 heterocycles. The van der Waals surface area contributed by atoms with Crippen LogP contribution in [0.2, 0.25) is 0 Å². The molecule has 8 N–H and O–H groups in total. The maximum atomic E-state index is 12.8. The van der Waals surface area contributed by atoms with E-state index in [1.165, 1.54) is 20.8 Å². The van der Waals surface area contributed by atoms with E-state index in [1.54, 1.807) is 6.20 Å². The van der Waals surface area contributed by atoms with Crippen LogP contribution in [0.1, 0.15) is 26.3 Å². The average molecular weight is 447 g/mol. The van der Waals surface area contributed by atoms with Gasteiger partial charge < -0.3 is 36.9 Å². The zero-order valence-corrected chi connectivity index (χ0v) is 18.1. The van der Waals surface area contributed by atoms with Crippen molar-refractivity contribution in [2.45, 2.75) is 57.5 Å². The number of carbonyl (C=O) groups is 4. The first-order valence-corrected chi connectivity index (χ1v) is 10.1. The van der Waals surface area contributed by atoms with Crippen molar-refractivity contribution in [1.29, 1.82) is 0 Å². The highest BCUT2D eigenvalue weighted by Gasteiger charge is 2.29. The van der Waals surface area contributed by atoms with Crippen molar-refractivity contribution in [2.24, 2.45) is 5.73 Å². The Morgan fingerprint density at radius 3 is 2.22 bits per heavy atom. The highest BCUT2D eigenvalue weighted by molar-refractivity contribution is 5.94. The van der Waals surface area contributed by atoms with E-state index in [2.05, 4.69) is 20.9 Å². The molecule has 0 spiro atoms. The van der Waals surface area contributed by atoms with Gasteiger partial charge in [-0.1, -0.05) is 18.2 Å². The van der Waals surface area contributed by atoms with Crippen LogP contribution in [0, 0.1) is 0 Å². The summed E-state index contributed by atoms with van der Waals surface area (Å²) in [5, 5.41) is 26.7. The van der Waals surface area contributed by atoms with Gasteiger partial charge in [0.15, 0.2) is 0 Å². The molecule has 1 aromatic carbocycles. The lowest BCUT2D eigenvalue weighted by molar-refractivity contribution is -0.141. The number of nitrogens with one attached hydrogen (secondary N) is 4. The smallest absolute Gasteiger partial charge is 0.325 e. The number of carboxylic acids is 1. The number of para-hydroxylation sites is 1. The number of aliphatic hydroxyl groups is 1. The summed E-state index contributed by atoms with van der Waals surface area (Å²) in [7, 11) is 0. The predicted molar refractivity (Wildman–Crippen MR) is 116 cm³/mol. The second kappa shape index (κ2) is 10.7. The molecular weight excluding hydrogens is 418 g/mol. The summed E-state index contributed by atoms with van der Waals surface area (Å²) in [6, 6.07) is 2.88. The Morgan fingerprint density at radius 2 is 1.59 bits per heavy atom. The molecule has 2 rings (SSSR count). The van der Waals surface area contributed by atoms with E-state index in [0.29, 0.717) is 0 Å². The summed E-state index contributed by atoms with van der Waals surface area (Å²) >= 11 is 0. The molecule has 0 fully saturated rings. The monoisotopic (exact) mass is 447 g/mol. The van der Waals surface area contributed by atoms with Crippen molar-refractivity contribution in [3.05, 3.63) is 36.0 Å². The quantitative estimate of drug-likeness (QED) is 0.243. The van der Waals surface area contributed by atoms with E-state index in [0.717, 1.165) is 16.5 Å². The van der Waals surface area contributed by atoms with Crippen LogP contribution < -0.4 is 21.7 Å². The van der Waals surface area contributed by atoms with Gasteiger partial charge in [0.1, 0.15) is 24.2 Å². The summed E-state index contributed by atoms with van der Waals surface area (Å²) in [5.41, 5.74) is 7.16. The van der Waals surface area contributed by atoms with Crippen LogP contribution in [-0.2, 0) is 25.6 Å². The number of hydrogen-bond donors (Lipinski definition) is 7. The maximum absolute atomic E-state index is 12.8. The first-order valence-electron chi connectivity index (χ1n) is 10.1. The van der Waals surface area contributed by atoms with Crippen molar-refractivity contribution >= 4 is 34.6 Å². The summed E-state index contributed by atoms with van der Waals surface area (Å²) in [5.74, 6) is -3.29. The predicted octanol–water partition coefficient (Wildman–Crippen LogP) is -1.00. The normalized spacial score (nSPS) is 15.8. The number of H-pyrrole nitrogens is 1. The zero-order valence-electron chi connectivity index (χ0n) is 18.1. The molecule has 5 atom stereocenters. The lowest BCUT2D eigenvalue weighted by Crippen LogP contribution is -2.57. The van der Waals surface area contributed by atoms with Gasteiger partial charge in [0, 0.05) is 23.5 Å². The molecule has 0 radical (unpaired) electrons. The van der Waals surface area contributed by atoms with E-state index in [-0.39, 0.29) is 6.42 Å². The molecule has 0 aliphatic heterocycles. The van der Waals surface area contributed by atoms with Gasteiger partial charge in [0.2, 0.25) is 17.7 Å². The number of aromatic nitrogens is 1. The summed E-state index contributed by atoms with van der Waals surface area (Å²) in [6.45, 7) is 4.06. The number of carbonyl (C=O) groups excluding carboxylic acids is 3. The topological polar surface area (TPSA) is 187 Å². The molecule has 5 unspecified atom stereocenters. The molecule has 174 valence electrons. The van der Waals surface area contributed by atoms with Gasteiger partial charge in [-0.05, 0) is 32.4 Å². The Balaban J connectivity index is 2.18. The first-order chi connectivity index (χ1) is 15.0. The molecule has 3 amide bonds. The van der Waals surface area contributed by atoms with Crippen LogP contribution in [0.3, 0.4) is 0 Å². The van der Waals surface area contributed by atoms with Crippen molar-refractivity contribution in [3.63, 3.8) is 0 Å². The van der Waals surface area contributed by atoms with Crippen molar-refractivity contribution in [2.75, 3.05) is 0 Å². The van der Waals surface area contributed by atoms with Crippen LogP contribution in [-0.4, -0.2) is 69.2 Å². The fourth-order valence-corrected chi connectivity index (χ4v) is 3.00. The van der Waals surface area contributed by atoms with Crippen LogP contribution >= 0.6 is 0 Å². The van der Waals surface area contributed by atoms with Gasteiger partial charge in [-0.2, -0.15) is 0 Å². The lowest BCUT2D eigenvalue weighted by atomic mass is 10.0. The SMILES string of the molecule is CC(NC(=O)C(Cc1c[nH]c2ccccc12)NC(=O)C(C)NC(=O)C(N)C(C)O)C(=O)O. The number of carboxylic acid groups (broad SMARTS) is 1. The second-order valence-corrected chi connectivity index (χ2v) is 7.69. The Morgan fingerprint density at radius 1 is 0.969 bits per heavy atom. The van der Waals surface area contributed by atoms with Crippen LogP contribution in [0.5, 0.6) is 0 Å². The van der Waals surface area contributed by atoms with Crippen LogP contribution in [0.15, 0.2) is 30.5 Å². The molecule has 0 bridgehead atoms. The fraction of sp³-hybridized carbons (Fsp3) is 0.429. The molecular formula is C21H29N5O6. The molecule has 11 nitrogen and oxygen atoms in total.